The Morgan fingerprint density at radius 2 is 1.80 bits per heavy atom. The summed E-state index contributed by atoms with van der Waals surface area (Å²) in [7, 11) is -1.91. The number of para-hydroxylation sites is 1. The van der Waals surface area contributed by atoms with Crippen LogP contribution in [0.25, 0.3) is 0 Å². The van der Waals surface area contributed by atoms with Crippen LogP contribution in [0.2, 0.25) is 5.02 Å². The monoisotopic (exact) mass is 451 g/mol. The standard InChI is InChI=1S/C21H26ClN3O4S/c1-29-20-9-5-2-6-17(20)16-24(21(26)18-7-3-4-8-19(18)22)14-15-30(27,28)25-12-10-23-11-13-25/h2-9,23H,10-16H2,1H3. The van der Waals surface area contributed by atoms with E-state index in [1.54, 1.807) is 31.4 Å². The van der Waals surface area contributed by atoms with Gasteiger partial charge in [-0.1, -0.05) is 41.9 Å². The number of halogens is 1. The van der Waals surface area contributed by atoms with Crippen molar-refractivity contribution in [3.05, 3.63) is 64.7 Å². The quantitative estimate of drug-likeness (QED) is 0.665. The van der Waals surface area contributed by atoms with Crippen LogP contribution in [0.5, 0.6) is 5.75 Å². The first-order valence-electron chi connectivity index (χ1n) is 9.76. The average Bonchev–Trinajstić information content (AvgIpc) is 2.77. The summed E-state index contributed by atoms with van der Waals surface area (Å²) in [6.07, 6.45) is 0. The molecule has 0 aliphatic carbocycles. The predicted octanol–water partition coefficient (Wildman–Crippen LogP) is 2.23. The Kier molecular flexibility index (Phi) is 7.71. The van der Waals surface area contributed by atoms with E-state index in [1.807, 2.05) is 24.3 Å². The van der Waals surface area contributed by atoms with Crippen LogP contribution >= 0.6 is 11.6 Å². The predicted molar refractivity (Wildman–Crippen MR) is 117 cm³/mol. The number of piperazine rings is 1. The minimum atomic E-state index is -3.48. The lowest BCUT2D eigenvalue weighted by molar-refractivity contribution is 0.0752. The Labute approximate surface area is 182 Å². The van der Waals surface area contributed by atoms with Crippen LogP contribution < -0.4 is 10.1 Å². The van der Waals surface area contributed by atoms with Crippen molar-refractivity contribution in [2.24, 2.45) is 0 Å². The molecule has 1 N–H and O–H groups in total. The van der Waals surface area contributed by atoms with E-state index in [0.717, 1.165) is 5.56 Å². The zero-order valence-corrected chi connectivity index (χ0v) is 18.5. The molecule has 162 valence electrons. The van der Waals surface area contributed by atoms with Crippen LogP contribution in [0.1, 0.15) is 15.9 Å². The second-order valence-corrected chi connectivity index (χ2v) is 9.48. The van der Waals surface area contributed by atoms with Crippen LogP contribution in [0, 0.1) is 0 Å². The van der Waals surface area contributed by atoms with Crippen molar-refractivity contribution < 1.29 is 17.9 Å². The molecule has 30 heavy (non-hydrogen) atoms. The molecule has 0 spiro atoms. The smallest absolute Gasteiger partial charge is 0.255 e. The lowest BCUT2D eigenvalue weighted by Gasteiger charge is -2.29. The molecule has 1 aliphatic rings. The molecular weight excluding hydrogens is 426 g/mol. The third kappa shape index (κ3) is 5.51. The maximum Gasteiger partial charge on any atom is 0.255 e. The van der Waals surface area contributed by atoms with Gasteiger partial charge in [-0.2, -0.15) is 4.31 Å². The molecule has 0 saturated carbocycles. The molecule has 1 aliphatic heterocycles. The molecule has 0 aromatic heterocycles. The van der Waals surface area contributed by atoms with Crippen molar-refractivity contribution >= 4 is 27.5 Å². The number of hydrogen-bond donors (Lipinski definition) is 1. The molecule has 2 aromatic rings. The molecule has 1 fully saturated rings. The minimum Gasteiger partial charge on any atom is -0.496 e. The highest BCUT2D eigenvalue weighted by molar-refractivity contribution is 7.89. The summed E-state index contributed by atoms with van der Waals surface area (Å²) in [6.45, 7) is 2.39. The van der Waals surface area contributed by atoms with Gasteiger partial charge in [0.1, 0.15) is 5.75 Å². The Balaban J connectivity index is 1.83. The van der Waals surface area contributed by atoms with Gasteiger partial charge in [0.25, 0.3) is 5.91 Å². The first-order valence-corrected chi connectivity index (χ1v) is 11.8. The van der Waals surface area contributed by atoms with E-state index in [1.165, 1.54) is 9.21 Å². The normalized spacial score (nSPS) is 15.0. The van der Waals surface area contributed by atoms with Gasteiger partial charge in [0, 0.05) is 44.8 Å². The highest BCUT2D eigenvalue weighted by Gasteiger charge is 2.27. The van der Waals surface area contributed by atoms with Crippen molar-refractivity contribution in [1.29, 1.82) is 0 Å². The van der Waals surface area contributed by atoms with Gasteiger partial charge in [0.05, 0.1) is 23.4 Å². The Morgan fingerprint density at radius 3 is 2.50 bits per heavy atom. The molecule has 3 rings (SSSR count). The maximum absolute atomic E-state index is 13.2. The number of hydrogen-bond acceptors (Lipinski definition) is 5. The van der Waals surface area contributed by atoms with Gasteiger partial charge in [-0.05, 0) is 18.2 Å². The minimum absolute atomic E-state index is 0.0500. The molecule has 0 bridgehead atoms. The highest BCUT2D eigenvalue weighted by Crippen LogP contribution is 2.23. The lowest BCUT2D eigenvalue weighted by atomic mass is 10.1. The number of ether oxygens (including phenoxy) is 1. The SMILES string of the molecule is COc1ccccc1CN(CCS(=O)(=O)N1CCNCC1)C(=O)c1ccccc1Cl. The number of nitrogens with zero attached hydrogens (tertiary/aromatic N) is 2. The number of methoxy groups -OCH3 is 1. The highest BCUT2D eigenvalue weighted by atomic mass is 35.5. The fourth-order valence-corrected chi connectivity index (χ4v) is 5.04. The lowest BCUT2D eigenvalue weighted by Crippen LogP contribution is -2.48. The summed E-state index contributed by atoms with van der Waals surface area (Å²) in [5.41, 5.74) is 1.13. The van der Waals surface area contributed by atoms with Gasteiger partial charge in [-0.3, -0.25) is 4.79 Å². The van der Waals surface area contributed by atoms with E-state index < -0.39 is 10.0 Å². The second-order valence-electron chi connectivity index (χ2n) is 6.98. The summed E-state index contributed by atoms with van der Waals surface area (Å²) >= 11 is 6.23. The average molecular weight is 452 g/mol. The zero-order chi connectivity index (χ0) is 21.6. The number of carbonyl (C=O) groups is 1. The Morgan fingerprint density at radius 1 is 1.13 bits per heavy atom. The second kappa shape index (κ2) is 10.3. The molecule has 0 unspecified atom stereocenters. The first-order chi connectivity index (χ1) is 14.4. The summed E-state index contributed by atoms with van der Waals surface area (Å²) in [4.78, 5) is 14.8. The van der Waals surface area contributed by atoms with Crippen molar-refractivity contribution in [3.8, 4) is 5.75 Å². The molecule has 9 heteroatoms. The van der Waals surface area contributed by atoms with E-state index in [9.17, 15) is 13.2 Å². The molecular formula is C21H26ClN3O4S. The van der Waals surface area contributed by atoms with E-state index in [-0.39, 0.29) is 24.7 Å². The number of amides is 1. The van der Waals surface area contributed by atoms with Crippen LogP contribution in [0.4, 0.5) is 0 Å². The fourth-order valence-electron chi connectivity index (χ4n) is 3.37. The van der Waals surface area contributed by atoms with Crippen LogP contribution in [0.15, 0.2) is 48.5 Å². The summed E-state index contributed by atoms with van der Waals surface area (Å²) in [5.74, 6) is 0.166. The molecule has 7 nitrogen and oxygen atoms in total. The van der Waals surface area contributed by atoms with Gasteiger partial charge in [-0.25, -0.2) is 8.42 Å². The summed E-state index contributed by atoms with van der Waals surface area (Å²) < 4.78 is 32.5. The molecule has 1 heterocycles. The van der Waals surface area contributed by atoms with Crippen molar-refractivity contribution in [1.82, 2.24) is 14.5 Å². The summed E-state index contributed by atoms with van der Waals surface area (Å²) in [5, 5.41) is 3.47. The molecule has 0 radical (unpaired) electrons. The van der Waals surface area contributed by atoms with Gasteiger partial charge < -0.3 is 15.0 Å². The van der Waals surface area contributed by atoms with Crippen LogP contribution in [-0.4, -0.2) is 69.1 Å². The first kappa shape index (κ1) is 22.6. The van der Waals surface area contributed by atoms with E-state index in [0.29, 0.717) is 42.5 Å². The largest absolute Gasteiger partial charge is 0.496 e. The maximum atomic E-state index is 13.2. The van der Waals surface area contributed by atoms with Crippen LogP contribution in [-0.2, 0) is 16.6 Å². The van der Waals surface area contributed by atoms with E-state index in [4.69, 9.17) is 16.3 Å². The zero-order valence-electron chi connectivity index (χ0n) is 16.9. The number of benzene rings is 2. The summed E-state index contributed by atoms with van der Waals surface area (Å²) in [6, 6.07) is 14.1. The number of sulfonamides is 1. The number of rotatable bonds is 8. The molecule has 2 aromatic carbocycles. The van der Waals surface area contributed by atoms with Gasteiger partial charge in [-0.15, -0.1) is 0 Å². The molecule has 1 amide bonds. The molecule has 1 saturated heterocycles. The van der Waals surface area contributed by atoms with Crippen LogP contribution in [0.3, 0.4) is 0 Å². The van der Waals surface area contributed by atoms with Crippen molar-refractivity contribution in [2.75, 3.05) is 45.6 Å². The third-order valence-electron chi connectivity index (χ3n) is 5.03. The topological polar surface area (TPSA) is 79.0 Å². The Bertz CT molecular complexity index is 978. The van der Waals surface area contributed by atoms with Crippen molar-refractivity contribution in [2.45, 2.75) is 6.54 Å². The van der Waals surface area contributed by atoms with Gasteiger partial charge >= 0.3 is 0 Å². The Hall–Kier alpha value is -2.13. The molecule has 0 atom stereocenters. The fraction of sp³-hybridized carbons (Fsp3) is 0.381. The van der Waals surface area contributed by atoms with Gasteiger partial charge in [0.2, 0.25) is 10.0 Å². The number of nitrogens with one attached hydrogen (secondary N) is 1. The third-order valence-corrected chi connectivity index (χ3v) is 7.21. The van der Waals surface area contributed by atoms with Gasteiger partial charge in [0.15, 0.2) is 0 Å². The van der Waals surface area contributed by atoms with E-state index in [2.05, 4.69) is 5.32 Å². The van der Waals surface area contributed by atoms with E-state index >= 15 is 0 Å². The van der Waals surface area contributed by atoms with Crippen molar-refractivity contribution in [3.63, 3.8) is 0 Å². The number of carbonyl (C=O) groups excluding carboxylic acids is 1.